The van der Waals surface area contributed by atoms with Gasteiger partial charge in [0.1, 0.15) is 30.2 Å². The number of primary amides is 1. The molecule has 0 unspecified atom stereocenters. The fourth-order valence-corrected chi connectivity index (χ4v) is 4.46. The molecule has 0 bridgehead atoms. The van der Waals surface area contributed by atoms with E-state index in [1.54, 1.807) is 27.7 Å². The number of aliphatic hydroxyl groups excluding tert-OH is 1. The first kappa shape index (κ1) is 42.9. The molecule has 20 nitrogen and oxygen atoms in total. The number of carboxylic acids is 2. The van der Waals surface area contributed by atoms with Gasteiger partial charge >= 0.3 is 11.9 Å². The van der Waals surface area contributed by atoms with Crippen molar-refractivity contribution in [2.45, 2.75) is 102 Å². The van der Waals surface area contributed by atoms with Gasteiger partial charge in [0.25, 0.3) is 0 Å². The van der Waals surface area contributed by atoms with Crippen molar-refractivity contribution < 1.29 is 53.7 Å². The van der Waals surface area contributed by atoms with Crippen LogP contribution >= 0.6 is 0 Å². The second kappa shape index (κ2) is 21.1. The second-order valence-electron chi connectivity index (χ2n) is 12.4. The van der Waals surface area contributed by atoms with E-state index in [9.17, 15) is 53.7 Å². The number of nitrogens with zero attached hydrogens (tertiary/aromatic N) is 1. The Hall–Kier alpha value is -5.11. The lowest BCUT2D eigenvalue weighted by Crippen LogP contribution is -2.60. The van der Waals surface area contributed by atoms with E-state index in [1.165, 1.54) is 12.5 Å². The van der Waals surface area contributed by atoms with E-state index in [0.717, 1.165) is 0 Å². The number of rotatable bonds is 23. The molecule has 1 aromatic heterocycles. The summed E-state index contributed by atoms with van der Waals surface area (Å²) >= 11 is 0. The molecule has 6 atom stereocenters. The van der Waals surface area contributed by atoms with Crippen LogP contribution in [0.15, 0.2) is 12.5 Å². The standard InChI is InChI=1S/C30H49N9O11/c1-14(2)9-20(30(49)50)38-26(45)17(5-7-22(31)41)35-27(46)19(10-16-11-33-13-34-16)37-25(44)18(6-8-23(42)43)36-28(47)21(12-40)39-29(48)24(32)15(3)4/h11,13-15,17-21,24,40H,5-10,12,32H2,1-4H3,(H2,31,41)(H,33,34)(H,35,46)(H,36,47)(H,37,44)(H,38,45)(H,39,48)(H,42,43)(H,49,50)/t17-,18-,19-,20-,21-,24-/m0/s1. The van der Waals surface area contributed by atoms with Gasteiger partial charge < -0.3 is 58.4 Å². The number of aliphatic carboxylic acids is 2. The molecule has 0 saturated heterocycles. The van der Waals surface area contributed by atoms with Crippen LogP contribution in [0.25, 0.3) is 0 Å². The van der Waals surface area contributed by atoms with Crippen molar-refractivity contribution in [1.82, 2.24) is 36.6 Å². The largest absolute Gasteiger partial charge is 0.481 e. The second-order valence-corrected chi connectivity index (χ2v) is 12.4. The lowest BCUT2D eigenvalue weighted by molar-refractivity contribution is -0.143. The highest BCUT2D eigenvalue weighted by Crippen LogP contribution is 2.09. The molecule has 13 N–H and O–H groups in total. The average molecular weight is 712 g/mol. The molecular weight excluding hydrogens is 662 g/mol. The van der Waals surface area contributed by atoms with Crippen LogP contribution in [0.4, 0.5) is 0 Å². The van der Waals surface area contributed by atoms with Crippen LogP contribution in [-0.4, -0.2) is 116 Å². The van der Waals surface area contributed by atoms with E-state index in [2.05, 4.69) is 36.6 Å². The summed E-state index contributed by atoms with van der Waals surface area (Å²) in [7, 11) is 0. The third-order valence-corrected chi connectivity index (χ3v) is 7.35. The number of aromatic amines is 1. The minimum absolute atomic E-state index is 0.0597. The Balaban J connectivity index is 3.33. The summed E-state index contributed by atoms with van der Waals surface area (Å²) in [5, 5.41) is 40.3. The van der Waals surface area contributed by atoms with Crippen molar-refractivity contribution in [3.8, 4) is 0 Å². The summed E-state index contributed by atoms with van der Waals surface area (Å²) in [6, 6.07) is -8.49. The molecule has 0 fully saturated rings. The number of carbonyl (C=O) groups excluding carboxylic acids is 6. The quantitative estimate of drug-likeness (QED) is 0.0528. The summed E-state index contributed by atoms with van der Waals surface area (Å²) in [5.41, 5.74) is 11.3. The molecule has 20 heteroatoms. The van der Waals surface area contributed by atoms with Gasteiger partial charge in [0.2, 0.25) is 35.4 Å². The molecule has 0 aromatic carbocycles. The molecule has 1 heterocycles. The van der Waals surface area contributed by atoms with Crippen LogP contribution in [0.5, 0.6) is 0 Å². The van der Waals surface area contributed by atoms with Crippen LogP contribution in [0.1, 0.15) is 65.5 Å². The van der Waals surface area contributed by atoms with Crippen LogP contribution in [0.2, 0.25) is 0 Å². The third kappa shape index (κ3) is 15.4. The van der Waals surface area contributed by atoms with Crippen LogP contribution in [0, 0.1) is 11.8 Å². The number of imidazole rings is 1. The van der Waals surface area contributed by atoms with Gasteiger partial charge in [0.05, 0.1) is 24.7 Å². The molecule has 0 aliphatic rings. The maximum atomic E-state index is 13.6. The molecule has 280 valence electrons. The van der Waals surface area contributed by atoms with Crippen molar-refractivity contribution in [3.63, 3.8) is 0 Å². The van der Waals surface area contributed by atoms with E-state index >= 15 is 0 Å². The first-order valence-electron chi connectivity index (χ1n) is 15.9. The normalized spacial score (nSPS) is 14.7. The maximum Gasteiger partial charge on any atom is 0.326 e. The average Bonchev–Trinajstić information content (AvgIpc) is 3.54. The first-order valence-corrected chi connectivity index (χ1v) is 15.9. The van der Waals surface area contributed by atoms with Gasteiger partial charge in [-0.05, 0) is 31.1 Å². The van der Waals surface area contributed by atoms with Crippen LogP contribution in [0.3, 0.4) is 0 Å². The van der Waals surface area contributed by atoms with E-state index < -0.39 is 103 Å². The Morgan fingerprint density at radius 2 is 1.22 bits per heavy atom. The summed E-state index contributed by atoms with van der Waals surface area (Å²) in [6.45, 7) is 5.91. The van der Waals surface area contributed by atoms with Gasteiger partial charge in [-0.3, -0.25) is 33.6 Å². The van der Waals surface area contributed by atoms with Gasteiger partial charge in [0, 0.05) is 25.5 Å². The number of hydrogen-bond donors (Lipinski definition) is 11. The Bertz CT molecular complexity index is 1340. The summed E-state index contributed by atoms with van der Waals surface area (Å²) in [4.78, 5) is 107. The van der Waals surface area contributed by atoms with E-state index in [-0.39, 0.29) is 43.2 Å². The SMILES string of the molecule is CC(C)C[C@H](NC(=O)[C@H](CCC(N)=O)NC(=O)[C@H](Cc1c[nH]cn1)NC(=O)[C@H](CCC(=O)O)NC(=O)[C@H](CO)NC(=O)[C@@H](N)C(C)C)C(=O)O. The molecule has 0 spiro atoms. The predicted octanol–water partition coefficient (Wildman–Crippen LogP) is -3.39. The smallest absolute Gasteiger partial charge is 0.326 e. The molecule has 0 radical (unpaired) electrons. The fraction of sp³-hybridized carbons (Fsp3) is 0.633. The fourth-order valence-electron chi connectivity index (χ4n) is 4.46. The molecule has 50 heavy (non-hydrogen) atoms. The molecule has 6 amide bonds. The minimum Gasteiger partial charge on any atom is -0.481 e. The van der Waals surface area contributed by atoms with Crippen LogP contribution < -0.4 is 38.1 Å². The number of aliphatic hydroxyl groups is 1. The molecule has 0 aliphatic heterocycles. The van der Waals surface area contributed by atoms with Gasteiger partial charge in [-0.25, -0.2) is 9.78 Å². The highest BCUT2D eigenvalue weighted by atomic mass is 16.4. The molecular formula is C30H49N9O11. The van der Waals surface area contributed by atoms with Gasteiger partial charge in [0.15, 0.2) is 0 Å². The van der Waals surface area contributed by atoms with Crippen molar-refractivity contribution in [2.75, 3.05) is 6.61 Å². The highest BCUT2D eigenvalue weighted by molar-refractivity contribution is 5.96. The van der Waals surface area contributed by atoms with Crippen molar-refractivity contribution in [1.29, 1.82) is 0 Å². The third-order valence-electron chi connectivity index (χ3n) is 7.35. The zero-order chi connectivity index (χ0) is 38.1. The summed E-state index contributed by atoms with van der Waals surface area (Å²) < 4.78 is 0. The Morgan fingerprint density at radius 3 is 1.66 bits per heavy atom. The number of carboxylic acid groups (broad SMARTS) is 2. The zero-order valence-electron chi connectivity index (χ0n) is 28.4. The van der Waals surface area contributed by atoms with Crippen molar-refractivity contribution >= 4 is 47.4 Å². The molecule has 1 rings (SSSR count). The monoisotopic (exact) mass is 711 g/mol. The number of carbonyl (C=O) groups is 8. The van der Waals surface area contributed by atoms with Crippen LogP contribution in [-0.2, 0) is 44.8 Å². The minimum atomic E-state index is -1.60. The number of amides is 6. The number of nitrogens with two attached hydrogens (primary N) is 2. The van der Waals surface area contributed by atoms with Gasteiger partial charge in [-0.1, -0.05) is 27.7 Å². The Morgan fingerprint density at radius 1 is 0.740 bits per heavy atom. The topological polar surface area (TPSA) is 338 Å². The lowest BCUT2D eigenvalue weighted by atomic mass is 10.0. The number of hydrogen-bond acceptors (Lipinski definition) is 11. The number of H-pyrrole nitrogens is 1. The summed E-state index contributed by atoms with van der Waals surface area (Å²) in [6.07, 6.45) is 0.702. The van der Waals surface area contributed by atoms with Crippen molar-refractivity contribution in [3.05, 3.63) is 18.2 Å². The van der Waals surface area contributed by atoms with Crippen molar-refractivity contribution in [2.24, 2.45) is 23.3 Å². The molecule has 0 saturated carbocycles. The van der Waals surface area contributed by atoms with Gasteiger partial charge in [-0.2, -0.15) is 0 Å². The van der Waals surface area contributed by atoms with E-state index in [0.29, 0.717) is 0 Å². The first-order chi connectivity index (χ1) is 23.4. The lowest BCUT2D eigenvalue weighted by Gasteiger charge is -2.27. The van der Waals surface area contributed by atoms with E-state index in [1.807, 2.05) is 0 Å². The molecule has 1 aromatic rings. The highest BCUT2D eigenvalue weighted by Gasteiger charge is 2.33. The predicted molar refractivity (Wildman–Crippen MR) is 174 cm³/mol. The number of aromatic nitrogens is 2. The Kier molecular flexibility index (Phi) is 18.1. The number of nitrogens with one attached hydrogen (secondary N) is 6. The van der Waals surface area contributed by atoms with E-state index in [4.69, 9.17) is 11.5 Å². The Labute approximate surface area is 288 Å². The maximum absolute atomic E-state index is 13.6. The van der Waals surface area contributed by atoms with Gasteiger partial charge in [-0.15, -0.1) is 0 Å². The molecule has 0 aliphatic carbocycles. The zero-order valence-corrected chi connectivity index (χ0v) is 28.4. The summed E-state index contributed by atoms with van der Waals surface area (Å²) in [5.74, 6) is -8.66.